The molecule has 0 aliphatic heterocycles. The van der Waals surface area contributed by atoms with Crippen LogP contribution < -0.4 is 22.1 Å². The first-order valence-electron chi connectivity index (χ1n) is 12.4. The average molecular weight is 545 g/mol. The van der Waals surface area contributed by atoms with Crippen molar-refractivity contribution < 1.29 is 27.2 Å². The molecule has 2 amide bonds. The van der Waals surface area contributed by atoms with Gasteiger partial charge in [-0.25, -0.2) is 0 Å². The zero-order valence-electron chi connectivity index (χ0n) is 21.7. The third-order valence-corrected chi connectivity index (χ3v) is 6.79. The fourth-order valence-electron chi connectivity index (χ4n) is 4.55. The van der Waals surface area contributed by atoms with E-state index in [1.54, 1.807) is 6.92 Å². The van der Waals surface area contributed by atoms with Gasteiger partial charge in [-0.3, -0.25) is 14.3 Å². The maximum Gasteiger partial charge on any atom is 0.394 e. The van der Waals surface area contributed by atoms with Crippen LogP contribution in [0.2, 0.25) is 0 Å². The van der Waals surface area contributed by atoms with Crippen LogP contribution in [0, 0.1) is 28.6 Å². The molecule has 0 bridgehead atoms. The molecule has 0 aromatic carbocycles. The van der Waals surface area contributed by atoms with E-state index >= 15 is 0 Å². The third-order valence-electron chi connectivity index (χ3n) is 6.79. The molecule has 0 saturated heterocycles. The summed E-state index contributed by atoms with van der Waals surface area (Å²) in [5.74, 6) is -2.30. The minimum Gasteiger partial charge on any atom is -0.401 e. The Morgan fingerprint density at radius 2 is 1.87 bits per heavy atom. The summed E-state index contributed by atoms with van der Waals surface area (Å²) in [5, 5.41) is 23.9. The van der Waals surface area contributed by atoms with Crippen LogP contribution in [0.5, 0.6) is 0 Å². The lowest BCUT2D eigenvalue weighted by Crippen LogP contribution is -2.55. The Balaban J connectivity index is 2.32. The quantitative estimate of drug-likeness (QED) is 0.184. The number of halogens is 4. The van der Waals surface area contributed by atoms with Crippen LogP contribution in [0.4, 0.5) is 23.2 Å². The number of hydrogen-bond donors (Lipinski definition) is 6. The van der Waals surface area contributed by atoms with E-state index in [0.29, 0.717) is 25.0 Å². The number of amides is 2. The SMILES string of the molecule is CCC(/C(C=N)=C(/N)CC(F)(F)F)n1cc(NC(=O)C(NC(=O)C(N)C(C)=N)C2CCC(C)CC2)c(F)n1. The van der Waals surface area contributed by atoms with Crippen LogP contribution in [-0.4, -0.2) is 51.8 Å². The summed E-state index contributed by atoms with van der Waals surface area (Å²) in [7, 11) is 0. The molecule has 1 aromatic heterocycles. The molecule has 0 radical (unpaired) electrons. The number of anilines is 1. The second kappa shape index (κ2) is 13.0. The van der Waals surface area contributed by atoms with Gasteiger partial charge in [0.05, 0.1) is 18.7 Å². The zero-order chi connectivity index (χ0) is 28.8. The predicted octanol–water partition coefficient (Wildman–Crippen LogP) is 3.40. The van der Waals surface area contributed by atoms with E-state index in [4.69, 9.17) is 22.3 Å². The number of hydrogen-bond acceptors (Lipinski definition) is 7. The lowest BCUT2D eigenvalue weighted by Gasteiger charge is -2.32. The van der Waals surface area contributed by atoms with Crippen LogP contribution in [0.3, 0.4) is 0 Å². The summed E-state index contributed by atoms with van der Waals surface area (Å²) in [6, 6.07) is -3.28. The Morgan fingerprint density at radius 1 is 1.26 bits per heavy atom. The van der Waals surface area contributed by atoms with Gasteiger partial charge < -0.3 is 32.9 Å². The van der Waals surface area contributed by atoms with Gasteiger partial charge in [-0.15, -0.1) is 5.10 Å². The van der Waals surface area contributed by atoms with Crippen molar-refractivity contribution in [3.05, 3.63) is 23.4 Å². The van der Waals surface area contributed by atoms with Crippen molar-refractivity contribution in [3.63, 3.8) is 0 Å². The number of nitrogens with two attached hydrogens (primary N) is 2. The summed E-state index contributed by atoms with van der Waals surface area (Å²) >= 11 is 0. The first-order chi connectivity index (χ1) is 17.7. The van der Waals surface area contributed by atoms with E-state index < -0.39 is 54.2 Å². The van der Waals surface area contributed by atoms with Gasteiger partial charge in [0.2, 0.25) is 11.8 Å². The number of nitrogens with one attached hydrogen (secondary N) is 4. The van der Waals surface area contributed by atoms with Crippen LogP contribution in [0.15, 0.2) is 17.5 Å². The minimum atomic E-state index is -4.60. The van der Waals surface area contributed by atoms with Crippen LogP contribution in [0.25, 0.3) is 0 Å². The number of alkyl halides is 3. The summed E-state index contributed by atoms with van der Waals surface area (Å²) in [4.78, 5) is 25.8. The number of carbonyl (C=O) groups is 2. The Labute approximate surface area is 218 Å². The average Bonchev–Trinajstić information content (AvgIpc) is 3.18. The molecule has 1 saturated carbocycles. The highest BCUT2D eigenvalue weighted by Crippen LogP contribution is 2.32. The lowest BCUT2D eigenvalue weighted by molar-refractivity contribution is -0.128. The molecule has 1 aliphatic carbocycles. The van der Waals surface area contributed by atoms with E-state index in [0.717, 1.165) is 23.7 Å². The number of aromatic nitrogens is 2. The highest BCUT2D eigenvalue weighted by atomic mass is 19.4. The van der Waals surface area contributed by atoms with Crippen molar-refractivity contribution in [1.29, 1.82) is 10.8 Å². The highest BCUT2D eigenvalue weighted by molar-refractivity contribution is 6.07. The van der Waals surface area contributed by atoms with Crippen molar-refractivity contribution >= 4 is 29.4 Å². The molecule has 1 fully saturated rings. The number of allylic oxidation sites excluding steroid dienone is 2. The summed E-state index contributed by atoms with van der Waals surface area (Å²) in [6.07, 6.45) is -1.16. The van der Waals surface area contributed by atoms with E-state index in [1.165, 1.54) is 6.92 Å². The normalized spacial score (nSPS) is 21.1. The van der Waals surface area contributed by atoms with E-state index in [1.807, 2.05) is 0 Å². The van der Waals surface area contributed by atoms with Gasteiger partial charge in [0.1, 0.15) is 17.8 Å². The largest absolute Gasteiger partial charge is 0.401 e. The monoisotopic (exact) mass is 544 g/mol. The van der Waals surface area contributed by atoms with Gasteiger partial charge >= 0.3 is 6.18 Å². The zero-order valence-corrected chi connectivity index (χ0v) is 21.7. The van der Waals surface area contributed by atoms with E-state index in [9.17, 15) is 27.2 Å². The van der Waals surface area contributed by atoms with E-state index in [2.05, 4.69) is 22.7 Å². The summed E-state index contributed by atoms with van der Waals surface area (Å²) in [5.41, 5.74) is 10.2. The molecular formula is C24H36F4N8O2. The molecule has 1 heterocycles. The second-order valence-electron chi connectivity index (χ2n) is 9.81. The molecule has 14 heteroatoms. The topological polar surface area (TPSA) is 176 Å². The Morgan fingerprint density at radius 3 is 2.37 bits per heavy atom. The van der Waals surface area contributed by atoms with Gasteiger partial charge in [-0.1, -0.05) is 26.7 Å². The second-order valence-corrected chi connectivity index (χ2v) is 9.81. The number of nitrogens with zero attached hydrogens (tertiary/aromatic N) is 2. The maximum absolute atomic E-state index is 14.8. The number of carbonyl (C=O) groups excluding carboxylic acids is 2. The fraction of sp³-hybridized carbons (Fsp3) is 0.625. The smallest absolute Gasteiger partial charge is 0.394 e. The molecule has 3 atom stereocenters. The van der Waals surface area contributed by atoms with Gasteiger partial charge in [0.15, 0.2) is 0 Å². The van der Waals surface area contributed by atoms with Crippen LogP contribution in [-0.2, 0) is 9.59 Å². The summed E-state index contributed by atoms with van der Waals surface area (Å²) in [6.45, 7) is 5.07. The number of rotatable bonds is 11. The molecule has 1 aliphatic rings. The molecule has 10 nitrogen and oxygen atoms in total. The van der Waals surface area contributed by atoms with Gasteiger partial charge in [-0.2, -0.15) is 17.6 Å². The molecule has 3 unspecified atom stereocenters. The molecular weight excluding hydrogens is 508 g/mol. The van der Waals surface area contributed by atoms with Gasteiger partial charge in [-0.05, 0) is 38.0 Å². The molecule has 8 N–H and O–H groups in total. The fourth-order valence-corrected chi connectivity index (χ4v) is 4.55. The van der Waals surface area contributed by atoms with Gasteiger partial charge in [0.25, 0.3) is 5.95 Å². The molecule has 212 valence electrons. The minimum absolute atomic E-state index is 0.0864. The molecule has 2 rings (SSSR count). The Kier molecular flexibility index (Phi) is 10.6. The summed E-state index contributed by atoms with van der Waals surface area (Å²) < 4.78 is 54.4. The lowest BCUT2D eigenvalue weighted by atomic mass is 9.79. The molecule has 1 aromatic rings. The van der Waals surface area contributed by atoms with Crippen molar-refractivity contribution in [3.8, 4) is 0 Å². The van der Waals surface area contributed by atoms with Crippen molar-refractivity contribution in [2.45, 2.75) is 83.6 Å². The van der Waals surface area contributed by atoms with Crippen molar-refractivity contribution in [1.82, 2.24) is 15.1 Å². The Bertz CT molecular complexity index is 1060. The third kappa shape index (κ3) is 8.10. The Hall–Kier alpha value is -3.29. The van der Waals surface area contributed by atoms with Crippen LogP contribution >= 0.6 is 0 Å². The van der Waals surface area contributed by atoms with Crippen molar-refractivity contribution in [2.24, 2.45) is 23.3 Å². The standard InChI is InChI=1S/C24H36F4N8O2/c1-4-18(15(10-29)16(31)9-24(26,27)28)36-11-17(21(25)35-36)33-23(38)20(14-7-5-12(2)6-8-14)34-22(37)19(32)13(3)30/h10-12,14,18-20,29-30H,4-9,31-32H2,1-3H3,(H,33,38)(H,34,37)/b16-15+,29-10?,30-13?. The maximum atomic E-state index is 14.8. The molecule has 0 spiro atoms. The highest BCUT2D eigenvalue weighted by Gasteiger charge is 2.35. The van der Waals surface area contributed by atoms with E-state index in [-0.39, 0.29) is 29.3 Å². The first kappa shape index (κ1) is 30.9. The first-order valence-corrected chi connectivity index (χ1v) is 12.4. The predicted molar refractivity (Wildman–Crippen MR) is 135 cm³/mol. The van der Waals surface area contributed by atoms with Gasteiger partial charge in [0, 0.05) is 23.2 Å². The van der Waals surface area contributed by atoms with Crippen molar-refractivity contribution in [2.75, 3.05) is 5.32 Å². The van der Waals surface area contributed by atoms with Crippen LogP contribution in [0.1, 0.15) is 65.3 Å². The molecule has 38 heavy (non-hydrogen) atoms.